The van der Waals surface area contributed by atoms with Crippen molar-refractivity contribution < 1.29 is 14.7 Å². The first-order valence-corrected chi connectivity index (χ1v) is 6.06. The lowest BCUT2D eigenvalue weighted by Gasteiger charge is -2.09. The van der Waals surface area contributed by atoms with Gasteiger partial charge >= 0.3 is 6.03 Å². The van der Waals surface area contributed by atoms with E-state index in [4.69, 9.17) is 5.11 Å². The molecule has 0 saturated carbocycles. The second kappa shape index (κ2) is 9.23. The van der Waals surface area contributed by atoms with Crippen molar-refractivity contribution in [3.8, 4) is 0 Å². The molecule has 0 spiro atoms. The van der Waals surface area contributed by atoms with Crippen LogP contribution >= 0.6 is 11.8 Å². The molecule has 0 aliphatic heterocycles. The number of aliphatic hydroxyl groups excluding tert-OH is 1. The van der Waals surface area contributed by atoms with E-state index in [9.17, 15) is 9.59 Å². The van der Waals surface area contributed by atoms with E-state index in [1.807, 2.05) is 6.92 Å². The number of carbonyl (C=O) groups is 2. The summed E-state index contributed by atoms with van der Waals surface area (Å²) in [6, 6.07) is -0.514. The third-order valence-electron chi connectivity index (χ3n) is 1.69. The maximum absolute atomic E-state index is 11.2. The number of imide groups is 1. The van der Waals surface area contributed by atoms with E-state index < -0.39 is 6.03 Å². The lowest BCUT2D eigenvalue weighted by molar-refractivity contribution is -0.117. The SMILES string of the molecule is C=CCNC(=O)NC(=O)CSC(C)CCO. The Balaban J connectivity index is 3.65. The first-order valence-electron chi connectivity index (χ1n) is 5.01. The summed E-state index contributed by atoms with van der Waals surface area (Å²) >= 11 is 1.40. The summed E-state index contributed by atoms with van der Waals surface area (Å²) in [6.45, 7) is 5.79. The minimum Gasteiger partial charge on any atom is -0.396 e. The minimum absolute atomic E-state index is 0.107. The Morgan fingerprint density at radius 1 is 1.56 bits per heavy atom. The van der Waals surface area contributed by atoms with Crippen LogP contribution in [0.5, 0.6) is 0 Å². The van der Waals surface area contributed by atoms with E-state index in [1.54, 1.807) is 0 Å². The molecule has 0 saturated heterocycles. The van der Waals surface area contributed by atoms with Crippen molar-refractivity contribution in [3.05, 3.63) is 12.7 Å². The number of rotatable bonds is 7. The average molecular weight is 246 g/mol. The van der Waals surface area contributed by atoms with Crippen LogP contribution in [-0.4, -0.2) is 41.2 Å². The number of thioether (sulfide) groups is 1. The van der Waals surface area contributed by atoms with Gasteiger partial charge in [0.25, 0.3) is 0 Å². The van der Waals surface area contributed by atoms with E-state index in [0.29, 0.717) is 13.0 Å². The Hall–Kier alpha value is -1.01. The van der Waals surface area contributed by atoms with E-state index in [1.165, 1.54) is 17.8 Å². The van der Waals surface area contributed by atoms with Crippen LogP contribution in [0.4, 0.5) is 4.79 Å². The van der Waals surface area contributed by atoms with Gasteiger partial charge in [0, 0.05) is 18.4 Å². The van der Waals surface area contributed by atoms with Gasteiger partial charge in [-0.15, -0.1) is 18.3 Å². The quantitative estimate of drug-likeness (QED) is 0.572. The van der Waals surface area contributed by atoms with Crippen LogP contribution in [0.2, 0.25) is 0 Å². The summed E-state index contributed by atoms with van der Waals surface area (Å²) in [5.41, 5.74) is 0. The molecule has 5 nitrogen and oxygen atoms in total. The molecule has 92 valence electrons. The molecule has 3 N–H and O–H groups in total. The van der Waals surface area contributed by atoms with E-state index in [-0.39, 0.29) is 23.5 Å². The van der Waals surface area contributed by atoms with Gasteiger partial charge in [0.15, 0.2) is 0 Å². The maximum Gasteiger partial charge on any atom is 0.321 e. The number of hydrogen-bond acceptors (Lipinski definition) is 4. The van der Waals surface area contributed by atoms with E-state index in [0.717, 1.165) is 0 Å². The summed E-state index contributed by atoms with van der Waals surface area (Å²) in [4.78, 5) is 22.3. The fourth-order valence-corrected chi connectivity index (χ4v) is 1.63. The van der Waals surface area contributed by atoms with Gasteiger partial charge in [0.05, 0.1) is 5.75 Å². The summed E-state index contributed by atoms with van der Waals surface area (Å²) in [5.74, 6) is -0.126. The highest BCUT2D eigenvalue weighted by atomic mass is 32.2. The van der Waals surface area contributed by atoms with Crippen LogP contribution in [0, 0.1) is 0 Å². The van der Waals surface area contributed by atoms with Gasteiger partial charge in [-0.05, 0) is 6.42 Å². The zero-order valence-electron chi connectivity index (χ0n) is 9.36. The molecule has 0 aliphatic rings. The molecule has 6 heteroatoms. The molecule has 0 bridgehead atoms. The highest BCUT2D eigenvalue weighted by Crippen LogP contribution is 2.12. The number of carbonyl (C=O) groups excluding carboxylic acids is 2. The molecule has 0 radical (unpaired) electrons. The molecule has 1 atom stereocenters. The second-order valence-electron chi connectivity index (χ2n) is 3.18. The molecule has 3 amide bonds. The van der Waals surface area contributed by atoms with Crippen molar-refractivity contribution >= 4 is 23.7 Å². The van der Waals surface area contributed by atoms with Crippen molar-refractivity contribution in [1.82, 2.24) is 10.6 Å². The zero-order chi connectivity index (χ0) is 12.4. The molecule has 0 heterocycles. The third-order valence-corrected chi connectivity index (χ3v) is 2.93. The van der Waals surface area contributed by atoms with E-state index >= 15 is 0 Å². The Kier molecular flexibility index (Phi) is 8.65. The predicted octanol–water partition coefficient (Wildman–Crippen LogP) is 0.502. The Labute approximate surface area is 99.7 Å². The van der Waals surface area contributed by atoms with Crippen LogP contribution in [0.25, 0.3) is 0 Å². The molecular weight excluding hydrogens is 228 g/mol. The van der Waals surface area contributed by atoms with Crippen LogP contribution in [0.15, 0.2) is 12.7 Å². The Bertz CT molecular complexity index is 246. The fraction of sp³-hybridized carbons (Fsp3) is 0.600. The topological polar surface area (TPSA) is 78.4 Å². The molecule has 0 aromatic carbocycles. The number of aliphatic hydroxyl groups is 1. The highest BCUT2D eigenvalue weighted by molar-refractivity contribution is 8.00. The van der Waals surface area contributed by atoms with Gasteiger partial charge in [-0.3, -0.25) is 10.1 Å². The van der Waals surface area contributed by atoms with Gasteiger partial charge in [-0.2, -0.15) is 0 Å². The molecule has 0 aliphatic carbocycles. The predicted molar refractivity (Wildman–Crippen MR) is 65.4 cm³/mol. The first-order chi connectivity index (χ1) is 7.60. The Morgan fingerprint density at radius 2 is 2.25 bits per heavy atom. The largest absolute Gasteiger partial charge is 0.396 e. The van der Waals surface area contributed by atoms with Crippen LogP contribution < -0.4 is 10.6 Å². The molecule has 16 heavy (non-hydrogen) atoms. The fourth-order valence-electron chi connectivity index (χ4n) is 0.855. The van der Waals surface area contributed by atoms with Crippen molar-refractivity contribution in [2.75, 3.05) is 18.9 Å². The number of hydrogen-bond donors (Lipinski definition) is 3. The summed E-state index contributed by atoms with van der Waals surface area (Å²) in [6.07, 6.45) is 2.17. The summed E-state index contributed by atoms with van der Waals surface area (Å²) in [5, 5.41) is 13.5. The average Bonchev–Trinajstić information content (AvgIpc) is 2.24. The van der Waals surface area contributed by atoms with Crippen LogP contribution in [0.3, 0.4) is 0 Å². The normalized spacial score (nSPS) is 11.6. The van der Waals surface area contributed by atoms with Crippen LogP contribution in [-0.2, 0) is 4.79 Å². The van der Waals surface area contributed by atoms with Crippen LogP contribution in [0.1, 0.15) is 13.3 Å². The van der Waals surface area contributed by atoms with Gasteiger partial charge in [0.2, 0.25) is 5.91 Å². The number of amides is 3. The van der Waals surface area contributed by atoms with Crippen molar-refractivity contribution in [2.45, 2.75) is 18.6 Å². The molecule has 0 aromatic rings. The highest BCUT2D eigenvalue weighted by Gasteiger charge is 2.09. The first kappa shape index (κ1) is 15.0. The third kappa shape index (κ3) is 8.31. The lowest BCUT2D eigenvalue weighted by atomic mass is 10.3. The van der Waals surface area contributed by atoms with Gasteiger partial charge in [-0.25, -0.2) is 4.79 Å². The van der Waals surface area contributed by atoms with Gasteiger partial charge in [0.1, 0.15) is 0 Å². The molecule has 0 fully saturated rings. The van der Waals surface area contributed by atoms with Gasteiger partial charge < -0.3 is 10.4 Å². The van der Waals surface area contributed by atoms with Crippen molar-refractivity contribution in [1.29, 1.82) is 0 Å². The lowest BCUT2D eigenvalue weighted by Crippen LogP contribution is -2.40. The smallest absolute Gasteiger partial charge is 0.321 e. The summed E-state index contributed by atoms with van der Waals surface area (Å²) < 4.78 is 0. The zero-order valence-corrected chi connectivity index (χ0v) is 10.2. The minimum atomic E-state index is -0.514. The Morgan fingerprint density at radius 3 is 2.81 bits per heavy atom. The second-order valence-corrected chi connectivity index (χ2v) is 4.61. The van der Waals surface area contributed by atoms with Crippen molar-refractivity contribution in [2.24, 2.45) is 0 Å². The number of nitrogens with one attached hydrogen (secondary N) is 2. The monoisotopic (exact) mass is 246 g/mol. The maximum atomic E-state index is 11.2. The van der Waals surface area contributed by atoms with Crippen molar-refractivity contribution in [3.63, 3.8) is 0 Å². The van der Waals surface area contributed by atoms with Gasteiger partial charge in [-0.1, -0.05) is 13.0 Å². The standard InChI is InChI=1S/C10H18N2O3S/c1-3-5-11-10(15)12-9(14)7-16-8(2)4-6-13/h3,8,13H,1,4-7H2,2H3,(H2,11,12,14,15). The molecule has 1 unspecified atom stereocenters. The molecule has 0 aromatic heterocycles. The molecule has 0 rings (SSSR count). The molecular formula is C10H18N2O3S. The van der Waals surface area contributed by atoms with E-state index in [2.05, 4.69) is 17.2 Å². The summed E-state index contributed by atoms with van der Waals surface area (Å²) in [7, 11) is 0. The number of urea groups is 1.